The number of rotatable bonds is 9. The molecule has 2 unspecified atom stereocenters. The summed E-state index contributed by atoms with van der Waals surface area (Å²) >= 11 is 0. The van der Waals surface area contributed by atoms with Crippen LogP contribution in [0.5, 0.6) is 0 Å². The molecule has 20 heavy (non-hydrogen) atoms. The molecule has 3 atom stereocenters. The van der Waals surface area contributed by atoms with Gasteiger partial charge in [0.05, 0.1) is 12.1 Å². The maximum Gasteiger partial charge on any atom is 0.245 e. The fraction of sp³-hybridized carbons (Fsp3) is 0.857. The second-order valence-electron chi connectivity index (χ2n) is 5.49. The summed E-state index contributed by atoms with van der Waals surface area (Å²) in [7, 11) is 1.71. The number of aliphatic hydroxyl groups excluding tert-OH is 1. The summed E-state index contributed by atoms with van der Waals surface area (Å²) in [6.07, 6.45) is 0.539. The van der Waals surface area contributed by atoms with Crippen molar-refractivity contribution in [3.8, 4) is 0 Å². The highest BCUT2D eigenvalue weighted by Gasteiger charge is 2.28. The van der Waals surface area contributed by atoms with Crippen molar-refractivity contribution in [1.29, 1.82) is 0 Å². The number of aliphatic hydroxyl groups is 1. The molecule has 0 radical (unpaired) electrons. The van der Waals surface area contributed by atoms with E-state index in [-0.39, 0.29) is 17.9 Å². The second-order valence-corrected chi connectivity index (χ2v) is 5.49. The Bertz CT molecular complexity index is 306. The fourth-order valence-electron chi connectivity index (χ4n) is 1.84. The minimum absolute atomic E-state index is 0.265. The van der Waals surface area contributed by atoms with Gasteiger partial charge in [-0.1, -0.05) is 20.8 Å². The highest BCUT2D eigenvalue weighted by atomic mass is 16.3. The number of hydrogen-bond donors (Lipinski definition) is 4. The van der Waals surface area contributed by atoms with E-state index < -0.39 is 12.1 Å². The Morgan fingerprint density at radius 2 is 1.75 bits per heavy atom. The molecule has 0 bridgehead atoms. The molecule has 6 heteroatoms. The summed E-state index contributed by atoms with van der Waals surface area (Å²) in [5.74, 6) is -0.259. The predicted octanol–water partition coefficient (Wildman–Crippen LogP) is 0.0123. The van der Waals surface area contributed by atoms with Crippen LogP contribution in [-0.2, 0) is 9.59 Å². The number of hydrogen-bond acceptors (Lipinski definition) is 4. The van der Waals surface area contributed by atoms with Gasteiger partial charge in [0.25, 0.3) is 0 Å². The Morgan fingerprint density at radius 1 is 1.15 bits per heavy atom. The summed E-state index contributed by atoms with van der Waals surface area (Å²) < 4.78 is 0. The van der Waals surface area contributed by atoms with Crippen LogP contribution in [0.4, 0.5) is 0 Å². The molecule has 118 valence electrons. The maximum atomic E-state index is 12.1. The zero-order chi connectivity index (χ0) is 15.7. The van der Waals surface area contributed by atoms with E-state index in [0.29, 0.717) is 18.9 Å². The van der Waals surface area contributed by atoms with Gasteiger partial charge in [-0.25, -0.2) is 0 Å². The van der Waals surface area contributed by atoms with Crippen LogP contribution in [-0.4, -0.2) is 48.7 Å². The first kappa shape index (κ1) is 18.9. The van der Waals surface area contributed by atoms with Crippen molar-refractivity contribution >= 4 is 11.8 Å². The molecule has 0 rings (SSSR count). The number of likely N-dealkylation sites (N-methyl/N-ethyl adjacent to an activating group) is 1. The van der Waals surface area contributed by atoms with Crippen LogP contribution >= 0.6 is 0 Å². The van der Waals surface area contributed by atoms with Crippen molar-refractivity contribution in [2.45, 2.75) is 58.7 Å². The molecular weight excluding hydrogens is 258 g/mol. The van der Waals surface area contributed by atoms with Gasteiger partial charge in [-0.15, -0.1) is 0 Å². The van der Waals surface area contributed by atoms with Gasteiger partial charge >= 0.3 is 0 Å². The lowest BCUT2D eigenvalue weighted by Crippen LogP contribution is -2.56. The van der Waals surface area contributed by atoms with E-state index in [1.54, 1.807) is 7.05 Å². The molecule has 0 spiro atoms. The molecule has 0 saturated heterocycles. The van der Waals surface area contributed by atoms with E-state index in [9.17, 15) is 14.7 Å². The van der Waals surface area contributed by atoms with Gasteiger partial charge in [0, 0.05) is 6.54 Å². The molecule has 0 aliphatic heterocycles. The smallest absolute Gasteiger partial charge is 0.245 e. The Morgan fingerprint density at radius 3 is 2.15 bits per heavy atom. The Hall–Kier alpha value is -1.14. The maximum absolute atomic E-state index is 12.1. The van der Waals surface area contributed by atoms with Crippen LogP contribution < -0.4 is 16.0 Å². The lowest BCUT2D eigenvalue weighted by Gasteiger charge is -2.24. The molecular formula is C14H29N3O3. The third-order valence-corrected chi connectivity index (χ3v) is 2.98. The summed E-state index contributed by atoms with van der Waals surface area (Å²) in [4.78, 5) is 24.0. The first-order chi connectivity index (χ1) is 9.33. The molecule has 0 aliphatic carbocycles. The van der Waals surface area contributed by atoms with Gasteiger partial charge in [-0.2, -0.15) is 0 Å². The zero-order valence-corrected chi connectivity index (χ0v) is 13.2. The summed E-state index contributed by atoms with van der Waals surface area (Å²) in [5, 5.41) is 17.9. The summed E-state index contributed by atoms with van der Waals surface area (Å²) in [6.45, 7) is 8.01. The first-order valence-corrected chi connectivity index (χ1v) is 7.26. The van der Waals surface area contributed by atoms with E-state index in [1.807, 2.05) is 20.8 Å². The number of amides is 2. The average molecular weight is 287 g/mol. The molecule has 0 aliphatic rings. The van der Waals surface area contributed by atoms with Gasteiger partial charge in [-0.05, 0) is 32.7 Å². The molecule has 0 aromatic rings. The van der Waals surface area contributed by atoms with Crippen molar-refractivity contribution in [3.05, 3.63) is 0 Å². The molecule has 0 heterocycles. The molecule has 0 aromatic heterocycles. The van der Waals surface area contributed by atoms with Gasteiger partial charge in [0.15, 0.2) is 0 Å². The van der Waals surface area contributed by atoms with E-state index in [4.69, 9.17) is 0 Å². The SMILES string of the molecule is CCCNC(=O)C(NC(=O)C(CC(C)C)NC)[C@@H](C)O. The molecule has 2 amide bonds. The predicted molar refractivity (Wildman–Crippen MR) is 79.2 cm³/mol. The monoisotopic (exact) mass is 287 g/mol. The number of nitrogens with one attached hydrogen (secondary N) is 3. The average Bonchev–Trinajstić information content (AvgIpc) is 2.38. The summed E-state index contributed by atoms with van der Waals surface area (Å²) in [5.41, 5.74) is 0. The molecule has 0 fully saturated rings. The molecule has 6 nitrogen and oxygen atoms in total. The third-order valence-electron chi connectivity index (χ3n) is 2.98. The zero-order valence-electron chi connectivity index (χ0n) is 13.2. The van der Waals surface area contributed by atoms with E-state index in [1.165, 1.54) is 6.92 Å². The Kier molecular flexibility index (Phi) is 9.16. The van der Waals surface area contributed by atoms with Crippen molar-refractivity contribution < 1.29 is 14.7 Å². The van der Waals surface area contributed by atoms with Gasteiger partial charge in [-0.3, -0.25) is 9.59 Å². The molecule has 0 saturated carbocycles. The normalized spacial score (nSPS) is 15.6. The highest BCUT2D eigenvalue weighted by Crippen LogP contribution is 2.05. The third kappa shape index (κ3) is 6.86. The number of carbonyl (C=O) groups is 2. The minimum atomic E-state index is -0.938. The first-order valence-electron chi connectivity index (χ1n) is 7.26. The van der Waals surface area contributed by atoms with Crippen LogP contribution in [0.2, 0.25) is 0 Å². The fourth-order valence-corrected chi connectivity index (χ4v) is 1.84. The lowest BCUT2D eigenvalue weighted by atomic mass is 10.0. The van der Waals surface area contributed by atoms with Crippen LogP contribution in [0.25, 0.3) is 0 Å². The largest absolute Gasteiger partial charge is 0.391 e. The number of carbonyl (C=O) groups excluding carboxylic acids is 2. The molecule has 0 aromatic carbocycles. The topological polar surface area (TPSA) is 90.5 Å². The van der Waals surface area contributed by atoms with E-state index in [0.717, 1.165) is 6.42 Å². The van der Waals surface area contributed by atoms with Gasteiger partial charge in [0.2, 0.25) is 11.8 Å². The van der Waals surface area contributed by atoms with E-state index in [2.05, 4.69) is 16.0 Å². The van der Waals surface area contributed by atoms with Crippen LogP contribution in [0, 0.1) is 5.92 Å². The summed E-state index contributed by atoms with van der Waals surface area (Å²) in [6, 6.07) is -1.28. The molecule has 4 N–H and O–H groups in total. The van der Waals surface area contributed by atoms with Crippen molar-refractivity contribution in [2.24, 2.45) is 5.92 Å². The Labute approximate surface area is 121 Å². The van der Waals surface area contributed by atoms with Crippen LogP contribution in [0.1, 0.15) is 40.5 Å². The van der Waals surface area contributed by atoms with Crippen molar-refractivity contribution in [2.75, 3.05) is 13.6 Å². The van der Waals surface area contributed by atoms with Crippen molar-refractivity contribution in [1.82, 2.24) is 16.0 Å². The standard InChI is InChI=1S/C14H29N3O3/c1-6-7-16-14(20)12(10(4)18)17-13(19)11(15-5)8-9(2)3/h9-12,15,18H,6-8H2,1-5H3,(H,16,20)(H,17,19)/t10-,11?,12?/m1/s1. The van der Waals surface area contributed by atoms with Crippen LogP contribution in [0.15, 0.2) is 0 Å². The van der Waals surface area contributed by atoms with Crippen LogP contribution in [0.3, 0.4) is 0 Å². The lowest BCUT2D eigenvalue weighted by molar-refractivity contribution is -0.132. The van der Waals surface area contributed by atoms with Gasteiger partial charge < -0.3 is 21.1 Å². The minimum Gasteiger partial charge on any atom is -0.391 e. The van der Waals surface area contributed by atoms with Gasteiger partial charge in [0.1, 0.15) is 6.04 Å². The van der Waals surface area contributed by atoms with Crippen molar-refractivity contribution in [3.63, 3.8) is 0 Å². The van der Waals surface area contributed by atoms with E-state index >= 15 is 0 Å². The Balaban J connectivity index is 4.64. The second kappa shape index (κ2) is 9.72. The quantitative estimate of drug-likeness (QED) is 0.481. The highest BCUT2D eigenvalue weighted by molar-refractivity contribution is 5.90.